The maximum Gasteiger partial charge on any atom is 0.130 e. The fourth-order valence-electron chi connectivity index (χ4n) is 1.28. The monoisotopic (exact) mass is 182 g/mol. The summed E-state index contributed by atoms with van der Waals surface area (Å²) in [5, 5.41) is 0. The van der Waals surface area contributed by atoms with Gasteiger partial charge in [-0.2, -0.15) is 0 Å². The average Bonchev–Trinajstić information content (AvgIpc) is 2.17. The summed E-state index contributed by atoms with van der Waals surface area (Å²) in [4.78, 5) is 0. The molecule has 0 spiro atoms. The molecule has 2 heteroatoms. The summed E-state index contributed by atoms with van der Waals surface area (Å²) in [6.45, 7) is 3.27. The van der Waals surface area contributed by atoms with E-state index in [-0.39, 0.29) is 0 Å². The molecule has 0 saturated heterocycles. The van der Waals surface area contributed by atoms with Crippen molar-refractivity contribution in [3.8, 4) is 0 Å². The van der Waals surface area contributed by atoms with E-state index in [1.165, 1.54) is 14.0 Å². The number of rotatable bonds is 3. The summed E-state index contributed by atoms with van der Waals surface area (Å²) < 4.78 is 18.5. The third kappa shape index (κ3) is 1.89. The molecule has 0 aliphatic carbocycles. The molecule has 0 N–H and O–H groups in total. The Hall–Kier alpha value is -0.890. The van der Waals surface area contributed by atoms with E-state index in [0.29, 0.717) is 0 Å². The van der Waals surface area contributed by atoms with Gasteiger partial charge in [-0.3, -0.25) is 0 Å². The first-order valence-electron chi connectivity index (χ1n) is 4.36. The summed E-state index contributed by atoms with van der Waals surface area (Å²) in [5.41, 5.74) is 0.0360. The lowest BCUT2D eigenvalue weighted by Crippen LogP contribution is -2.33. The highest BCUT2D eigenvalue weighted by Gasteiger charge is 2.32. The molecule has 2 atom stereocenters. The molecular weight excluding hydrogens is 167 g/mol. The minimum absolute atomic E-state index is 0.832. The third-order valence-electron chi connectivity index (χ3n) is 2.53. The first-order valence-corrected chi connectivity index (χ1v) is 4.36. The molecule has 0 heterocycles. The molecule has 72 valence electrons. The lowest BCUT2D eigenvalue weighted by atomic mass is 9.92. The Morgan fingerprint density at radius 2 is 1.85 bits per heavy atom. The van der Waals surface area contributed by atoms with Crippen LogP contribution in [0, 0.1) is 0 Å². The second-order valence-electron chi connectivity index (χ2n) is 3.29. The van der Waals surface area contributed by atoms with Crippen molar-refractivity contribution in [2.45, 2.75) is 25.6 Å². The van der Waals surface area contributed by atoms with Crippen LogP contribution in [0.4, 0.5) is 4.39 Å². The fraction of sp³-hybridized carbons (Fsp3) is 0.455. The van der Waals surface area contributed by atoms with Gasteiger partial charge in [-0.1, -0.05) is 30.3 Å². The average molecular weight is 182 g/mol. The number of benzene rings is 1. The zero-order chi connectivity index (χ0) is 9.90. The van der Waals surface area contributed by atoms with Gasteiger partial charge in [0.05, 0.1) is 0 Å². The van der Waals surface area contributed by atoms with Gasteiger partial charge in [0.25, 0.3) is 0 Å². The molecule has 1 aromatic rings. The minimum atomic E-state index is -1.03. The molecule has 1 nitrogen and oxygen atoms in total. The Balaban J connectivity index is 3.03. The van der Waals surface area contributed by atoms with Gasteiger partial charge >= 0.3 is 0 Å². The molecule has 0 aromatic heterocycles. The molecule has 0 fully saturated rings. The van der Waals surface area contributed by atoms with Crippen molar-refractivity contribution >= 4 is 0 Å². The van der Waals surface area contributed by atoms with E-state index >= 15 is 0 Å². The predicted octanol–water partition coefficient (Wildman–Crippen LogP) is 2.91. The lowest BCUT2D eigenvalue weighted by Gasteiger charge is -2.30. The van der Waals surface area contributed by atoms with Crippen LogP contribution in [0.15, 0.2) is 30.3 Å². The lowest BCUT2D eigenvalue weighted by molar-refractivity contribution is -0.0553. The van der Waals surface area contributed by atoms with Crippen molar-refractivity contribution in [2.24, 2.45) is 0 Å². The molecule has 0 amide bonds. The quantitative estimate of drug-likeness (QED) is 0.698. The topological polar surface area (TPSA) is 9.23 Å². The van der Waals surface area contributed by atoms with Crippen LogP contribution in [-0.4, -0.2) is 13.3 Å². The molecular formula is C11H15FO. The van der Waals surface area contributed by atoms with Crippen molar-refractivity contribution < 1.29 is 9.13 Å². The SMILES string of the molecule is COC(C)(c1ccccc1)C(C)F. The molecule has 0 bridgehead atoms. The standard InChI is InChI=1S/C11H15FO/c1-9(12)11(2,13-3)10-7-5-4-6-8-10/h4-9H,1-3H3. The van der Waals surface area contributed by atoms with Crippen LogP contribution in [0.5, 0.6) is 0 Å². The normalized spacial score (nSPS) is 17.8. The summed E-state index contributed by atoms with van der Waals surface area (Å²) >= 11 is 0. The van der Waals surface area contributed by atoms with Crippen LogP contribution >= 0.6 is 0 Å². The van der Waals surface area contributed by atoms with Gasteiger partial charge in [0.2, 0.25) is 0 Å². The summed E-state index contributed by atoms with van der Waals surface area (Å²) in [6.07, 6.45) is -1.03. The highest BCUT2D eigenvalue weighted by atomic mass is 19.1. The molecule has 2 unspecified atom stereocenters. The maximum absolute atomic E-state index is 13.3. The molecule has 1 aromatic carbocycles. The van der Waals surface area contributed by atoms with Crippen LogP contribution < -0.4 is 0 Å². The molecule has 0 saturated carbocycles. The van der Waals surface area contributed by atoms with Crippen molar-refractivity contribution in [3.05, 3.63) is 35.9 Å². The Labute approximate surface area is 78.5 Å². The number of alkyl halides is 1. The molecule has 0 aliphatic heterocycles. The first-order chi connectivity index (χ1) is 6.11. The summed E-state index contributed by atoms with van der Waals surface area (Å²) in [7, 11) is 1.53. The molecule has 1 rings (SSSR count). The van der Waals surface area contributed by atoms with E-state index < -0.39 is 11.8 Å². The summed E-state index contributed by atoms with van der Waals surface area (Å²) in [6, 6.07) is 9.42. The van der Waals surface area contributed by atoms with Gasteiger partial charge in [0, 0.05) is 7.11 Å². The molecule has 0 radical (unpaired) electrons. The predicted molar refractivity (Wildman–Crippen MR) is 51.4 cm³/mol. The highest BCUT2D eigenvalue weighted by Crippen LogP contribution is 2.29. The van der Waals surface area contributed by atoms with Crippen molar-refractivity contribution in [3.63, 3.8) is 0 Å². The highest BCUT2D eigenvalue weighted by molar-refractivity contribution is 5.23. The Morgan fingerprint density at radius 1 is 1.31 bits per heavy atom. The van der Waals surface area contributed by atoms with Crippen LogP contribution in [0.2, 0.25) is 0 Å². The Bertz CT molecular complexity index is 258. The van der Waals surface area contributed by atoms with Gasteiger partial charge in [0.15, 0.2) is 0 Å². The van der Waals surface area contributed by atoms with Crippen molar-refractivity contribution in [1.29, 1.82) is 0 Å². The summed E-state index contributed by atoms with van der Waals surface area (Å²) in [5.74, 6) is 0. The van der Waals surface area contributed by atoms with E-state index in [1.54, 1.807) is 6.92 Å². The van der Waals surface area contributed by atoms with Crippen molar-refractivity contribution in [2.75, 3.05) is 7.11 Å². The second kappa shape index (κ2) is 3.88. The van der Waals surface area contributed by atoms with Crippen LogP contribution in [0.25, 0.3) is 0 Å². The largest absolute Gasteiger partial charge is 0.371 e. The zero-order valence-corrected chi connectivity index (χ0v) is 8.25. The maximum atomic E-state index is 13.3. The number of ether oxygens (including phenoxy) is 1. The van der Waals surface area contributed by atoms with E-state index in [2.05, 4.69) is 0 Å². The number of methoxy groups -OCH3 is 1. The van der Waals surface area contributed by atoms with Crippen LogP contribution in [0.1, 0.15) is 19.4 Å². The van der Waals surface area contributed by atoms with Gasteiger partial charge < -0.3 is 4.74 Å². The van der Waals surface area contributed by atoms with E-state index in [4.69, 9.17) is 4.74 Å². The number of hydrogen-bond acceptors (Lipinski definition) is 1. The Kier molecular flexibility index (Phi) is 3.04. The minimum Gasteiger partial charge on any atom is -0.371 e. The smallest absolute Gasteiger partial charge is 0.130 e. The van der Waals surface area contributed by atoms with Gasteiger partial charge in [-0.15, -0.1) is 0 Å². The van der Waals surface area contributed by atoms with E-state index in [9.17, 15) is 4.39 Å². The zero-order valence-electron chi connectivity index (χ0n) is 8.25. The van der Waals surface area contributed by atoms with E-state index in [1.807, 2.05) is 30.3 Å². The second-order valence-corrected chi connectivity index (χ2v) is 3.29. The van der Waals surface area contributed by atoms with Gasteiger partial charge in [-0.05, 0) is 19.4 Å². The van der Waals surface area contributed by atoms with Crippen LogP contribution in [0.3, 0.4) is 0 Å². The van der Waals surface area contributed by atoms with Crippen LogP contribution in [-0.2, 0) is 10.3 Å². The molecule has 13 heavy (non-hydrogen) atoms. The van der Waals surface area contributed by atoms with Gasteiger partial charge in [0.1, 0.15) is 11.8 Å². The molecule has 0 aliphatic rings. The van der Waals surface area contributed by atoms with Crippen molar-refractivity contribution in [1.82, 2.24) is 0 Å². The van der Waals surface area contributed by atoms with E-state index in [0.717, 1.165) is 5.56 Å². The first kappa shape index (κ1) is 10.2. The van der Waals surface area contributed by atoms with Gasteiger partial charge in [-0.25, -0.2) is 4.39 Å². The number of hydrogen-bond donors (Lipinski definition) is 0. The third-order valence-corrected chi connectivity index (χ3v) is 2.53. The fourth-order valence-corrected chi connectivity index (χ4v) is 1.28. The Morgan fingerprint density at radius 3 is 2.23 bits per heavy atom. The number of halogens is 1.